The molecule has 1 saturated heterocycles. The van der Waals surface area contributed by atoms with Gasteiger partial charge in [-0.3, -0.25) is 14.6 Å². The van der Waals surface area contributed by atoms with E-state index >= 15 is 0 Å². The molecule has 1 aliphatic rings. The SMILES string of the molecule is Cn1cc(-c2cnc3c(C4CCNCC4)ccnc3c2)cn1. The van der Waals surface area contributed by atoms with Crippen molar-refractivity contribution in [3.05, 3.63) is 42.5 Å². The number of rotatable bonds is 2. The van der Waals surface area contributed by atoms with Gasteiger partial charge in [0.2, 0.25) is 0 Å². The molecule has 4 rings (SSSR count). The Morgan fingerprint density at radius 1 is 1.14 bits per heavy atom. The van der Waals surface area contributed by atoms with E-state index in [1.165, 1.54) is 18.4 Å². The van der Waals surface area contributed by atoms with Gasteiger partial charge in [0.25, 0.3) is 0 Å². The van der Waals surface area contributed by atoms with Crippen LogP contribution in [0.15, 0.2) is 36.9 Å². The van der Waals surface area contributed by atoms with E-state index in [4.69, 9.17) is 4.98 Å². The molecular weight excluding hydrogens is 274 g/mol. The number of piperidine rings is 1. The Morgan fingerprint density at radius 3 is 2.77 bits per heavy atom. The van der Waals surface area contributed by atoms with Crippen LogP contribution in [0.4, 0.5) is 0 Å². The number of nitrogens with zero attached hydrogens (tertiary/aromatic N) is 4. The van der Waals surface area contributed by atoms with E-state index < -0.39 is 0 Å². The first-order valence-corrected chi connectivity index (χ1v) is 7.75. The predicted molar refractivity (Wildman–Crippen MR) is 86.6 cm³/mol. The summed E-state index contributed by atoms with van der Waals surface area (Å²) in [5.41, 5.74) is 5.49. The van der Waals surface area contributed by atoms with Crippen molar-refractivity contribution in [3.8, 4) is 11.1 Å². The minimum absolute atomic E-state index is 0.587. The van der Waals surface area contributed by atoms with Crippen molar-refractivity contribution in [1.29, 1.82) is 0 Å². The monoisotopic (exact) mass is 293 g/mol. The molecule has 1 N–H and O–H groups in total. The van der Waals surface area contributed by atoms with Crippen LogP contribution in [0.5, 0.6) is 0 Å². The Hall–Kier alpha value is -2.27. The van der Waals surface area contributed by atoms with E-state index in [2.05, 4.69) is 27.5 Å². The summed E-state index contributed by atoms with van der Waals surface area (Å²) < 4.78 is 1.80. The zero-order valence-electron chi connectivity index (χ0n) is 12.7. The van der Waals surface area contributed by atoms with Gasteiger partial charge in [0.1, 0.15) is 0 Å². The van der Waals surface area contributed by atoms with Crippen LogP contribution in [0.25, 0.3) is 22.2 Å². The lowest BCUT2D eigenvalue weighted by Gasteiger charge is -2.23. The van der Waals surface area contributed by atoms with Crippen molar-refractivity contribution in [1.82, 2.24) is 25.1 Å². The van der Waals surface area contributed by atoms with Crippen molar-refractivity contribution >= 4 is 11.0 Å². The lowest BCUT2D eigenvalue weighted by atomic mass is 9.89. The molecular formula is C17H19N5. The fraction of sp³-hybridized carbons (Fsp3) is 0.353. The van der Waals surface area contributed by atoms with Crippen molar-refractivity contribution in [2.24, 2.45) is 7.05 Å². The molecule has 1 fully saturated rings. The average molecular weight is 293 g/mol. The molecule has 3 aromatic heterocycles. The molecule has 1 aliphatic heterocycles. The highest BCUT2D eigenvalue weighted by molar-refractivity contribution is 5.82. The van der Waals surface area contributed by atoms with Gasteiger partial charge >= 0.3 is 0 Å². The highest BCUT2D eigenvalue weighted by Crippen LogP contribution is 2.30. The third-order valence-electron chi connectivity index (χ3n) is 4.43. The standard InChI is InChI=1S/C17H19N5/c1-22-11-14(10-21-22)13-8-16-17(20-9-13)15(4-7-19-16)12-2-5-18-6-3-12/h4,7-12,18H,2-3,5-6H2,1H3. The molecule has 112 valence electrons. The Balaban J connectivity index is 1.78. The summed E-state index contributed by atoms with van der Waals surface area (Å²) >= 11 is 0. The summed E-state index contributed by atoms with van der Waals surface area (Å²) in [7, 11) is 1.92. The maximum Gasteiger partial charge on any atom is 0.0921 e. The summed E-state index contributed by atoms with van der Waals surface area (Å²) in [6.07, 6.45) is 10.1. The van der Waals surface area contributed by atoms with Gasteiger partial charge in [-0.25, -0.2) is 0 Å². The van der Waals surface area contributed by atoms with Crippen LogP contribution in [0.2, 0.25) is 0 Å². The van der Waals surface area contributed by atoms with Crippen LogP contribution in [0, 0.1) is 0 Å². The van der Waals surface area contributed by atoms with Gasteiger partial charge in [-0.15, -0.1) is 0 Å². The molecule has 5 nitrogen and oxygen atoms in total. The van der Waals surface area contributed by atoms with Crippen molar-refractivity contribution in [2.75, 3.05) is 13.1 Å². The van der Waals surface area contributed by atoms with Gasteiger partial charge in [0, 0.05) is 36.8 Å². The fourth-order valence-corrected chi connectivity index (χ4v) is 3.24. The normalized spacial score (nSPS) is 16.2. The van der Waals surface area contributed by atoms with Crippen molar-refractivity contribution in [3.63, 3.8) is 0 Å². The van der Waals surface area contributed by atoms with Gasteiger partial charge in [0.05, 0.1) is 17.2 Å². The van der Waals surface area contributed by atoms with Gasteiger partial charge in [0.15, 0.2) is 0 Å². The van der Waals surface area contributed by atoms with E-state index in [0.29, 0.717) is 5.92 Å². The quantitative estimate of drug-likeness (QED) is 0.788. The van der Waals surface area contributed by atoms with E-state index in [1.54, 1.807) is 4.68 Å². The summed E-state index contributed by atoms with van der Waals surface area (Å²) in [5.74, 6) is 0.587. The maximum absolute atomic E-state index is 4.72. The van der Waals surface area contributed by atoms with Gasteiger partial charge in [-0.05, 0) is 49.5 Å². The molecule has 0 radical (unpaired) electrons. The minimum atomic E-state index is 0.587. The molecule has 0 unspecified atom stereocenters. The first-order chi connectivity index (χ1) is 10.8. The van der Waals surface area contributed by atoms with Crippen LogP contribution in [0.1, 0.15) is 24.3 Å². The highest BCUT2D eigenvalue weighted by Gasteiger charge is 2.18. The molecule has 0 atom stereocenters. The van der Waals surface area contributed by atoms with Crippen LogP contribution in [-0.2, 0) is 7.05 Å². The second-order valence-electron chi connectivity index (χ2n) is 5.92. The molecule has 5 heteroatoms. The number of hydrogen-bond acceptors (Lipinski definition) is 4. The van der Waals surface area contributed by atoms with Gasteiger partial charge < -0.3 is 5.32 Å². The number of pyridine rings is 2. The van der Waals surface area contributed by atoms with E-state index in [9.17, 15) is 0 Å². The molecule has 22 heavy (non-hydrogen) atoms. The zero-order chi connectivity index (χ0) is 14.9. The molecule has 0 aromatic carbocycles. The number of hydrogen-bond donors (Lipinski definition) is 1. The lowest BCUT2D eigenvalue weighted by Crippen LogP contribution is -2.26. The first kappa shape index (κ1) is 13.4. The number of fused-ring (bicyclic) bond motifs is 1. The zero-order valence-corrected chi connectivity index (χ0v) is 12.7. The average Bonchev–Trinajstić information content (AvgIpc) is 3.01. The number of aryl methyl sites for hydroxylation is 1. The molecule has 0 spiro atoms. The Morgan fingerprint density at radius 2 is 2.00 bits per heavy atom. The lowest BCUT2D eigenvalue weighted by molar-refractivity contribution is 0.462. The van der Waals surface area contributed by atoms with Crippen molar-refractivity contribution < 1.29 is 0 Å². The summed E-state index contributed by atoms with van der Waals surface area (Å²) in [4.78, 5) is 9.25. The van der Waals surface area contributed by atoms with Crippen LogP contribution >= 0.6 is 0 Å². The third kappa shape index (κ3) is 2.37. The van der Waals surface area contributed by atoms with E-state index in [-0.39, 0.29) is 0 Å². The molecule has 0 amide bonds. The van der Waals surface area contributed by atoms with Gasteiger partial charge in [-0.1, -0.05) is 0 Å². The highest BCUT2D eigenvalue weighted by atomic mass is 15.2. The third-order valence-corrected chi connectivity index (χ3v) is 4.43. The summed E-state index contributed by atoms with van der Waals surface area (Å²) in [6.45, 7) is 2.17. The smallest absolute Gasteiger partial charge is 0.0921 e. The van der Waals surface area contributed by atoms with Crippen LogP contribution in [-0.4, -0.2) is 32.8 Å². The Labute approximate surface area is 129 Å². The fourth-order valence-electron chi connectivity index (χ4n) is 3.24. The molecule has 0 saturated carbocycles. The minimum Gasteiger partial charge on any atom is -0.317 e. The molecule has 0 bridgehead atoms. The second-order valence-corrected chi connectivity index (χ2v) is 5.92. The Kier molecular flexibility index (Phi) is 3.35. The van der Waals surface area contributed by atoms with E-state index in [1.807, 2.05) is 31.8 Å². The van der Waals surface area contributed by atoms with E-state index in [0.717, 1.165) is 35.2 Å². The summed E-state index contributed by atoms with van der Waals surface area (Å²) in [6, 6.07) is 4.25. The number of aromatic nitrogens is 4. The Bertz CT molecular complexity index is 802. The molecule has 0 aliphatic carbocycles. The predicted octanol–water partition coefficient (Wildman–Crippen LogP) is 2.50. The maximum atomic E-state index is 4.72. The van der Waals surface area contributed by atoms with Crippen LogP contribution < -0.4 is 5.32 Å². The number of nitrogens with one attached hydrogen (secondary N) is 1. The summed E-state index contributed by atoms with van der Waals surface area (Å²) in [5, 5.41) is 7.65. The molecule has 4 heterocycles. The second kappa shape index (κ2) is 5.50. The first-order valence-electron chi connectivity index (χ1n) is 7.75. The van der Waals surface area contributed by atoms with Crippen LogP contribution in [0.3, 0.4) is 0 Å². The van der Waals surface area contributed by atoms with Crippen molar-refractivity contribution in [2.45, 2.75) is 18.8 Å². The van der Waals surface area contributed by atoms with Gasteiger partial charge in [-0.2, -0.15) is 5.10 Å². The largest absolute Gasteiger partial charge is 0.317 e. The molecule has 3 aromatic rings. The topological polar surface area (TPSA) is 55.6 Å².